The molecular weight excluding hydrogens is 604 g/mol. The zero-order chi connectivity index (χ0) is 33.1. The van der Waals surface area contributed by atoms with Crippen LogP contribution < -0.4 is 10.1 Å². The van der Waals surface area contributed by atoms with Crippen molar-refractivity contribution in [1.82, 2.24) is 5.32 Å². The first-order valence-corrected chi connectivity index (χ1v) is 15.1. The lowest BCUT2D eigenvalue weighted by molar-refractivity contribution is -0.129. The molecule has 0 aliphatic carbocycles. The van der Waals surface area contributed by atoms with E-state index in [9.17, 15) is 13.6 Å². The standard InChI is InChI=1S/C36H33F2N5O4/c37-29-16-13-28(32(38)22-29)23-40-35(45)36(19-6-10-25-8-2-1-3-9-25)33(31-12-5-4-11-27(31)24-41-43-39)47-34(42-36)26-14-17-30(18-15-26)46-21-7-20-44/h1-6,8-18,22,33,44H,7,19-21,23-24H2,(H,40,45)/b10-6+/t33-,36-/m1/s1. The van der Waals surface area contributed by atoms with E-state index in [4.69, 9.17) is 25.1 Å². The monoisotopic (exact) mass is 637 g/mol. The Balaban J connectivity index is 1.58. The van der Waals surface area contributed by atoms with Gasteiger partial charge in [0.2, 0.25) is 5.90 Å². The van der Waals surface area contributed by atoms with Gasteiger partial charge in [-0.1, -0.05) is 77.9 Å². The van der Waals surface area contributed by atoms with E-state index >= 15 is 0 Å². The summed E-state index contributed by atoms with van der Waals surface area (Å²) in [7, 11) is 0. The number of benzene rings is 4. The van der Waals surface area contributed by atoms with Crippen molar-refractivity contribution >= 4 is 17.9 Å². The van der Waals surface area contributed by atoms with Crippen LogP contribution in [-0.2, 0) is 22.6 Å². The van der Waals surface area contributed by atoms with E-state index in [1.165, 1.54) is 6.07 Å². The molecule has 5 rings (SSSR count). The van der Waals surface area contributed by atoms with E-state index in [0.29, 0.717) is 35.5 Å². The fraction of sp³-hybridized carbons (Fsp3) is 0.222. The van der Waals surface area contributed by atoms with Crippen molar-refractivity contribution in [2.45, 2.75) is 37.6 Å². The van der Waals surface area contributed by atoms with Crippen LogP contribution in [-0.4, -0.2) is 35.7 Å². The van der Waals surface area contributed by atoms with Gasteiger partial charge in [-0.05, 0) is 52.6 Å². The van der Waals surface area contributed by atoms with Crippen LogP contribution in [0.4, 0.5) is 8.78 Å². The minimum atomic E-state index is -1.58. The molecule has 47 heavy (non-hydrogen) atoms. The van der Waals surface area contributed by atoms with E-state index in [1.54, 1.807) is 48.5 Å². The Kier molecular flexibility index (Phi) is 11.0. The van der Waals surface area contributed by atoms with Gasteiger partial charge in [0.05, 0.1) is 13.2 Å². The van der Waals surface area contributed by atoms with Crippen molar-refractivity contribution in [1.29, 1.82) is 0 Å². The number of amides is 1. The van der Waals surface area contributed by atoms with Crippen LogP contribution in [0.25, 0.3) is 16.5 Å². The van der Waals surface area contributed by atoms with Crippen molar-refractivity contribution < 1.29 is 28.2 Å². The first-order chi connectivity index (χ1) is 22.9. The number of carbonyl (C=O) groups is 1. The van der Waals surface area contributed by atoms with Gasteiger partial charge in [0.1, 0.15) is 17.4 Å². The molecule has 0 spiro atoms. The van der Waals surface area contributed by atoms with Crippen LogP contribution in [0.1, 0.15) is 46.8 Å². The molecule has 0 fully saturated rings. The third-order valence-corrected chi connectivity index (χ3v) is 7.67. The summed E-state index contributed by atoms with van der Waals surface area (Å²) in [5.41, 5.74) is 10.3. The number of halogens is 2. The molecule has 0 radical (unpaired) electrons. The largest absolute Gasteiger partial charge is 0.494 e. The van der Waals surface area contributed by atoms with Crippen molar-refractivity contribution in [3.8, 4) is 5.75 Å². The summed E-state index contributed by atoms with van der Waals surface area (Å²) in [6, 6.07) is 26.9. The highest BCUT2D eigenvalue weighted by Gasteiger charge is 2.53. The molecule has 1 heterocycles. The highest BCUT2D eigenvalue weighted by atomic mass is 19.1. The molecule has 1 aliphatic rings. The maximum atomic E-state index is 14.6. The second-order valence-corrected chi connectivity index (χ2v) is 10.8. The van der Waals surface area contributed by atoms with Crippen molar-refractivity contribution in [2.24, 2.45) is 10.1 Å². The minimum Gasteiger partial charge on any atom is -0.494 e. The fourth-order valence-electron chi connectivity index (χ4n) is 5.27. The number of hydrogen-bond donors (Lipinski definition) is 2. The number of aliphatic hydroxyl groups excluding tert-OH is 1. The summed E-state index contributed by atoms with van der Waals surface area (Å²) >= 11 is 0. The molecule has 4 aromatic carbocycles. The molecule has 4 aromatic rings. The van der Waals surface area contributed by atoms with Crippen LogP contribution in [0.3, 0.4) is 0 Å². The van der Waals surface area contributed by atoms with Crippen molar-refractivity contribution in [3.63, 3.8) is 0 Å². The SMILES string of the molecule is [N-]=[N+]=NCc1ccccc1[C@H]1OC(c2ccc(OCCCO)cc2)=N[C@@]1(C/C=C/c1ccccc1)C(=O)NCc1ccc(F)cc1F. The first-order valence-electron chi connectivity index (χ1n) is 15.1. The molecule has 2 N–H and O–H groups in total. The zero-order valence-electron chi connectivity index (χ0n) is 25.4. The lowest BCUT2D eigenvalue weighted by atomic mass is 9.82. The Morgan fingerprint density at radius 1 is 1.04 bits per heavy atom. The third kappa shape index (κ3) is 8.02. The molecule has 0 aromatic heterocycles. The molecule has 2 atom stereocenters. The van der Waals surface area contributed by atoms with Gasteiger partial charge in [0.25, 0.3) is 5.91 Å². The molecule has 0 bridgehead atoms. The summed E-state index contributed by atoms with van der Waals surface area (Å²) in [5, 5.41) is 15.6. The van der Waals surface area contributed by atoms with E-state index in [-0.39, 0.29) is 37.6 Å². The van der Waals surface area contributed by atoms with Crippen LogP contribution in [0, 0.1) is 11.6 Å². The van der Waals surface area contributed by atoms with Gasteiger partial charge in [-0.25, -0.2) is 13.8 Å². The normalized spacial score (nSPS) is 17.1. The topological polar surface area (TPSA) is 129 Å². The summed E-state index contributed by atoms with van der Waals surface area (Å²) in [6.07, 6.45) is 3.33. The highest BCUT2D eigenvalue weighted by Crippen LogP contribution is 2.44. The minimum absolute atomic E-state index is 0.0140. The summed E-state index contributed by atoms with van der Waals surface area (Å²) in [4.78, 5) is 22.3. The summed E-state index contributed by atoms with van der Waals surface area (Å²) < 4.78 is 40.4. The Morgan fingerprint density at radius 3 is 2.55 bits per heavy atom. The molecule has 11 heteroatoms. The number of rotatable bonds is 14. The maximum absolute atomic E-state index is 14.6. The molecule has 0 saturated carbocycles. The molecule has 1 amide bonds. The lowest BCUT2D eigenvalue weighted by Crippen LogP contribution is -2.48. The lowest BCUT2D eigenvalue weighted by Gasteiger charge is -2.31. The number of ether oxygens (including phenoxy) is 2. The van der Waals surface area contributed by atoms with Gasteiger partial charge in [-0.15, -0.1) is 0 Å². The number of aliphatic imine (C=N–C) groups is 1. The van der Waals surface area contributed by atoms with E-state index in [1.807, 2.05) is 42.5 Å². The van der Waals surface area contributed by atoms with Gasteiger partial charge in [-0.3, -0.25) is 4.79 Å². The van der Waals surface area contributed by atoms with Crippen molar-refractivity contribution in [3.05, 3.63) is 153 Å². The zero-order valence-corrected chi connectivity index (χ0v) is 25.4. The van der Waals surface area contributed by atoms with E-state index in [2.05, 4.69) is 15.3 Å². The predicted octanol–water partition coefficient (Wildman–Crippen LogP) is 7.21. The smallest absolute Gasteiger partial charge is 0.252 e. The Bertz CT molecular complexity index is 1790. The Hall–Kier alpha value is -5.51. The predicted molar refractivity (Wildman–Crippen MR) is 174 cm³/mol. The van der Waals surface area contributed by atoms with Gasteiger partial charge in [-0.2, -0.15) is 0 Å². The third-order valence-electron chi connectivity index (χ3n) is 7.67. The van der Waals surface area contributed by atoms with Crippen LogP contribution >= 0.6 is 0 Å². The van der Waals surface area contributed by atoms with Gasteiger partial charge < -0.3 is 19.9 Å². The Labute approximate surface area is 270 Å². The van der Waals surface area contributed by atoms with Gasteiger partial charge in [0, 0.05) is 48.1 Å². The van der Waals surface area contributed by atoms with Gasteiger partial charge >= 0.3 is 0 Å². The average Bonchev–Trinajstić information content (AvgIpc) is 3.48. The van der Waals surface area contributed by atoms with Gasteiger partial charge in [0.15, 0.2) is 11.6 Å². The molecule has 0 unspecified atom stereocenters. The van der Waals surface area contributed by atoms with Crippen molar-refractivity contribution in [2.75, 3.05) is 13.2 Å². The molecule has 0 saturated heterocycles. The second kappa shape index (κ2) is 15.7. The molecule has 9 nitrogen and oxygen atoms in total. The number of nitrogens with one attached hydrogen (secondary N) is 1. The summed E-state index contributed by atoms with van der Waals surface area (Å²) in [5.74, 6) is -1.26. The fourth-order valence-corrected chi connectivity index (χ4v) is 5.27. The highest BCUT2D eigenvalue weighted by molar-refractivity contribution is 6.01. The number of nitrogens with zero attached hydrogens (tertiary/aromatic N) is 4. The number of hydrogen-bond acceptors (Lipinski definition) is 6. The maximum Gasteiger partial charge on any atom is 0.252 e. The number of aliphatic hydroxyl groups is 1. The summed E-state index contributed by atoms with van der Waals surface area (Å²) in [6.45, 7) is 0.165. The van der Waals surface area contributed by atoms with E-state index < -0.39 is 29.2 Å². The molecule has 1 aliphatic heterocycles. The molecular formula is C36H33F2N5O4. The van der Waals surface area contributed by atoms with Crippen LogP contribution in [0.5, 0.6) is 5.75 Å². The Morgan fingerprint density at radius 2 is 1.81 bits per heavy atom. The number of carbonyl (C=O) groups excluding carboxylic acids is 1. The second-order valence-electron chi connectivity index (χ2n) is 10.8. The quantitative estimate of drug-likeness (QED) is 0.0655. The van der Waals surface area contributed by atoms with Crippen LogP contribution in [0.2, 0.25) is 0 Å². The van der Waals surface area contributed by atoms with Crippen LogP contribution in [0.15, 0.2) is 113 Å². The number of azide groups is 1. The average molecular weight is 638 g/mol. The molecule has 240 valence electrons. The first kappa shape index (κ1) is 32.9. The van der Waals surface area contributed by atoms with E-state index in [0.717, 1.165) is 17.7 Å².